The Morgan fingerprint density at radius 3 is 2.67 bits per heavy atom. The van der Waals surface area contributed by atoms with Gasteiger partial charge in [0.1, 0.15) is 5.54 Å². The monoisotopic (exact) mass is 384 g/mol. The number of hydrogen-bond donors (Lipinski definition) is 2. The minimum atomic E-state index is -0.806. The molecule has 3 amide bonds. The van der Waals surface area contributed by atoms with E-state index in [2.05, 4.69) is 27.8 Å². The van der Waals surface area contributed by atoms with Crippen molar-refractivity contribution >= 4 is 23.3 Å². The van der Waals surface area contributed by atoms with Gasteiger partial charge in [-0.25, -0.2) is 4.79 Å². The van der Waals surface area contributed by atoms with Crippen LogP contribution in [0.1, 0.15) is 29.7 Å². The van der Waals surface area contributed by atoms with Crippen molar-refractivity contribution in [1.82, 2.24) is 20.5 Å². The minimum absolute atomic E-state index is 0.0799. The molecule has 1 unspecified atom stereocenters. The average molecular weight is 385 g/mol. The molecule has 2 aromatic rings. The van der Waals surface area contributed by atoms with E-state index in [1.807, 2.05) is 18.2 Å². The highest BCUT2D eigenvalue weighted by Crippen LogP contribution is 2.36. The Kier molecular flexibility index (Phi) is 5.22. The van der Waals surface area contributed by atoms with E-state index in [0.29, 0.717) is 13.0 Å². The summed E-state index contributed by atoms with van der Waals surface area (Å²) in [6, 6.07) is 9.89. The fourth-order valence-corrected chi connectivity index (χ4v) is 4.80. The van der Waals surface area contributed by atoms with E-state index in [0.717, 1.165) is 37.2 Å². The molecule has 1 aromatic carbocycles. The maximum Gasteiger partial charge on any atom is 0.325 e. The maximum absolute atomic E-state index is 13.5. The van der Waals surface area contributed by atoms with Crippen LogP contribution in [0.3, 0.4) is 0 Å². The van der Waals surface area contributed by atoms with Crippen molar-refractivity contribution in [2.75, 3.05) is 13.1 Å². The molecule has 7 heteroatoms. The summed E-state index contributed by atoms with van der Waals surface area (Å²) in [5.74, 6) is 0.0779. The molecule has 0 spiro atoms. The first kappa shape index (κ1) is 18.1. The van der Waals surface area contributed by atoms with E-state index in [1.165, 1.54) is 21.8 Å². The molecule has 27 heavy (non-hydrogen) atoms. The van der Waals surface area contributed by atoms with Crippen LogP contribution in [0.5, 0.6) is 0 Å². The lowest BCUT2D eigenvalue weighted by molar-refractivity contribution is -0.134. The van der Waals surface area contributed by atoms with E-state index >= 15 is 0 Å². The van der Waals surface area contributed by atoms with Crippen molar-refractivity contribution < 1.29 is 9.59 Å². The molecule has 0 radical (unpaired) electrons. The summed E-state index contributed by atoms with van der Waals surface area (Å²) >= 11 is 1.46. The third kappa shape index (κ3) is 3.61. The van der Waals surface area contributed by atoms with Crippen LogP contribution in [0.4, 0.5) is 4.79 Å². The Labute approximate surface area is 163 Å². The average Bonchev–Trinajstić information content (AvgIpc) is 3.31. The number of piperidine rings is 1. The molecule has 1 atom stereocenters. The third-order valence-corrected chi connectivity index (χ3v) is 6.45. The number of rotatable bonds is 6. The predicted octanol–water partition coefficient (Wildman–Crippen LogP) is 2.57. The fourth-order valence-electron chi connectivity index (χ4n) is 4.22. The molecule has 3 heterocycles. The summed E-state index contributed by atoms with van der Waals surface area (Å²) in [5, 5.41) is 6.47. The number of aromatic nitrogens is 1. The van der Waals surface area contributed by atoms with Gasteiger partial charge in [0.05, 0.1) is 12.1 Å². The number of imide groups is 1. The Balaban J connectivity index is 1.59. The first-order chi connectivity index (χ1) is 13.2. The Morgan fingerprint density at radius 2 is 1.96 bits per heavy atom. The summed E-state index contributed by atoms with van der Waals surface area (Å²) < 4.78 is 0. The van der Waals surface area contributed by atoms with Crippen molar-refractivity contribution in [3.05, 3.63) is 52.5 Å². The van der Waals surface area contributed by atoms with E-state index < -0.39 is 5.54 Å². The number of amides is 3. The Hall–Kier alpha value is -2.25. The topological polar surface area (TPSA) is 74.3 Å². The van der Waals surface area contributed by atoms with Gasteiger partial charge < -0.3 is 10.6 Å². The second-order valence-corrected chi connectivity index (χ2v) is 8.24. The lowest BCUT2D eigenvalue weighted by Crippen LogP contribution is -2.56. The van der Waals surface area contributed by atoms with Gasteiger partial charge in [0.2, 0.25) is 0 Å². The number of hydrogen-bond acceptors (Lipinski definition) is 5. The molecule has 6 nitrogen and oxygen atoms in total. The van der Waals surface area contributed by atoms with E-state index in [1.54, 1.807) is 11.7 Å². The fraction of sp³-hybridized carbons (Fsp3) is 0.450. The number of aryl methyl sites for hydroxylation is 1. The number of carbonyl (C=O) groups is 2. The van der Waals surface area contributed by atoms with Gasteiger partial charge in [-0.2, -0.15) is 0 Å². The van der Waals surface area contributed by atoms with Crippen LogP contribution >= 0.6 is 11.3 Å². The maximum atomic E-state index is 13.5. The van der Waals surface area contributed by atoms with E-state index in [4.69, 9.17) is 0 Å². The van der Waals surface area contributed by atoms with Crippen LogP contribution < -0.4 is 10.6 Å². The number of carbonyl (C=O) groups excluding carboxylic acids is 2. The highest BCUT2D eigenvalue weighted by Gasteiger charge is 2.55. The number of nitrogens with one attached hydrogen (secondary N) is 2. The molecule has 0 saturated carbocycles. The zero-order chi connectivity index (χ0) is 18.7. The van der Waals surface area contributed by atoms with Gasteiger partial charge in [-0.05, 0) is 50.3 Å². The largest absolute Gasteiger partial charge is 0.325 e. The predicted molar refractivity (Wildman–Crippen MR) is 104 cm³/mol. The summed E-state index contributed by atoms with van der Waals surface area (Å²) in [4.78, 5) is 32.6. The van der Waals surface area contributed by atoms with Gasteiger partial charge in [-0.3, -0.25) is 14.7 Å². The van der Waals surface area contributed by atoms with Crippen molar-refractivity contribution in [1.29, 1.82) is 0 Å². The molecule has 2 aliphatic heterocycles. The number of benzene rings is 1. The molecular formula is C20H24N4O2S. The minimum Gasteiger partial charge on any atom is -0.323 e. The number of nitrogens with zero attached hydrogens (tertiary/aromatic N) is 2. The molecular weight excluding hydrogens is 360 g/mol. The summed E-state index contributed by atoms with van der Waals surface area (Å²) in [6.07, 6.45) is 4.92. The highest BCUT2D eigenvalue weighted by atomic mass is 32.1. The van der Waals surface area contributed by atoms with Gasteiger partial charge in [-0.1, -0.05) is 30.3 Å². The molecule has 2 aliphatic rings. The van der Waals surface area contributed by atoms with Crippen LogP contribution in [-0.4, -0.2) is 40.5 Å². The first-order valence-electron chi connectivity index (χ1n) is 9.45. The van der Waals surface area contributed by atoms with Crippen molar-refractivity contribution in [3.63, 3.8) is 0 Å². The van der Waals surface area contributed by atoms with Crippen LogP contribution in [0, 0.1) is 5.92 Å². The van der Waals surface area contributed by atoms with Gasteiger partial charge in [0, 0.05) is 11.1 Å². The number of thiazole rings is 1. The first-order valence-corrected chi connectivity index (χ1v) is 10.3. The molecule has 1 aromatic heterocycles. The summed E-state index contributed by atoms with van der Waals surface area (Å²) in [5.41, 5.74) is 2.11. The molecule has 4 rings (SSSR count). The zero-order valence-electron chi connectivity index (χ0n) is 15.2. The van der Waals surface area contributed by atoms with Crippen LogP contribution in [0.2, 0.25) is 0 Å². The molecule has 2 saturated heterocycles. The van der Waals surface area contributed by atoms with Crippen LogP contribution in [-0.2, 0) is 17.8 Å². The Morgan fingerprint density at radius 1 is 1.19 bits per heavy atom. The normalized spacial score (nSPS) is 23.6. The molecule has 142 valence electrons. The highest BCUT2D eigenvalue weighted by molar-refractivity contribution is 7.09. The zero-order valence-corrected chi connectivity index (χ0v) is 16.0. The lowest BCUT2D eigenvalue weighted by Gasteiger charge is -2.38. The SMILES string of the molecule is O=C1NC(CCc2ccccc2)(C2CCNCC2)C(=O)N1Cc1cncs1. The molecule has 2 N–H and O–H groups in total. The molecule has 0 bridgehead atoms. The quantitative estimate of drug-likeness (QED) is 0.751. The van der Waals surface area contributed by atoms with Gasteiger partial charge in [-0.15, -0.1) is 11.3 Å². The Bertz CT molecular complexity index is 790. The van der Waals surface area contributed by atoms with Crippen molar-refractivity contribution in [2.24, 2.45) is 5.92 Å². The van der Waals surface area contributed by atoms with Gasteiger partial charge in [0.15, 0.2) is 0 Å². The van der Waals surface area contributed by atoms with Crippen LogP contribution in [0.25, 0.3) is 0 Å². The summed E-state index contributed by atoms with van der Waals surface area (Å²) in [7, 11) is 0. The van der Waals surface area contributed by atoms with Crippen LogP contribution in [0.15, 0.2) is 42.0 Å². The van der Waals surface area contributed by atoms with E-state index in [-0.39, 0.29) is 17.9 Å². The molecule has 0 aliphatic carbocycles. The standard InChI is InChI=1S/C20H24N4O2S/c25-18-20(16-7-10-21-11-8-16,9-6-15-4-2-1-3-5-15)23-19(26)24(18)13-17-12-22-14-27-17/h1-5,12,14,16,21H,6-11,13H2,(H,23,26). The van der Waals surface area contributed by atoms with E-state index in [9.17, 15) is 9.59 Å². The molecule has 2 fully saturated rings. The number of urea groups is 1. The second-order valence-electron chi connectivity index (χ2n) is 7.27. The smallest absolute Gasteiger partial charge is 0.323 e. The van der Waals surface area contributed by atoms with Gasteiger partial charge in [0.25, 0.3) is 5.91 Å². The summed E-state index contributed by atoms with van der Waals surface area (Å²) in [6.45, 7) is 2.07. The second kappa shape index (κ2) is 7.78. The third-order valence-electron chi connectivity index (χ3n) is 5.69. The lowest BCUT2D eigenvalue weighted by atomic mass is 9.74. The van der Waals surface area contributed by atoms with Crippen molar-refractivity contribution in [2.45, 2.75) is 37.8 Å². The van der Waals surface area contributed by atoms with Gasteiger partial charge >= 0.3 is 6.03 Å². The van der Waals surface area contributed by atoms with Crippen molar-refractivity contribution in [3.8, 4) is 0 Å².